The van der Waals surface area contributed by atoms with E-state index in [1.165, 1.54) is 16.7 Å². The molecule has 1 amide bonds. The van der Waals surface area contributed by atoms with Crippen LogP contribution in [0.3, 0.4) is 0 Å². The van der Waals surface area contributed by atoms with Gasteiger partial charge in [-0.2, -0.15) is 0 Å². The summed E-state index contributed by atoms with van der Waals surface area (Å²) in [7, 11) is 1.62. The number of aliphatic carboxylic acids is 1. The van der Waals surface area contributed by atoms with Crippen molar-refractivity contribution in [2.24, 2.45) is 5.92 Å². The zero-order chi connectivity index (χ0) is 13.5. The number of methoxy groups -OCH3 is 1. The van der Waals surface area contributed by atoms with Crippen LogP contribution in [0.4, 0.5) is 0 Å². The Morgan fingerprint density at radius 3 is 2.83 bits per heavy atom. The number of amides is 1. The first-order chi connectivity index (χ1) is 8.56. The average molecular weight is 275 g/mol. The van der Waals surface area contributed by atoms with Crippen LogP contribution < -0.4 is 0 Å². The minimum atomic E-state index is -0.892. The molecule has 1 heterocycles. The third kappa shape index (κ3) is 4.49. The number of nitrogens with zero attached hydrogens (tertiary/aromatic N) is 1. The van der Waals surface area contributed by atoms with Crippen LogP contribution in [0.2, 0.25) is 0 Å². The second kappa shape index (κ2) is 7.63. The quantitative estimate of drug-likeness (QED) is 0.735. The van der Waals surface area contributed by atoms with E-state index in [0.29, 0.717) is 31.2 Å². The van der Waals surface area contributed by atoms with Crippen molar-refractivity contribution in [3.05, 3.63) is 0 Å². The Hall–Kier alpha value is -0.750. The van der Waals surface area contributed by atoms with Gasteiger partial charge in [-0.15, -0.1) is 11.8 Å². The van der Waals surface area contributed by atoms with Gasteiger partial charge in [0, 0.05) is 19.4 Å². The number of carboxylic acids is 1. The number of hydrogen-bond acceptors (Lipinski definition) is 4. The SMILES string of the molecule is COCCSCC(=O)N1CCC(C)CC1C(=O)O. The van der Waals surface area contributed by atoms with Crippen molar-refractivity contribution in [3.63, 3.8) is 0 Å². The third-order valence-corrected chi connectivity index (χ3v) is 4.03. The number of piperidine rings is 1. The summed E-state index contributed by atoms with van der Waals surface area (Å²) >= 11 is 1.48. The predicted molar refractivity (Wildman–Crippen MR) is 70.7 cm³/mol. The highest BCUT2D eigenvalue weighted by Crippen LogP contribution is 2.23. The van der Waals surface area contributed by atoms with Crippen molar-refractivity contribution >= 4 is 23.6 Å². The molecule has 5 nitrogen and oxygen atoms in total. The Bertz CT molecular complexity index is 298. The molecule has 0 aliphatic carbocycles. The molecule has 0 spiro atoms. The van der Waals surface area contributed by atoms with Gasteiger partial charge in [-0.3, -0.25) is 4.79 Å². The standard InChI is InChI=1S/C12H21NO4S/c1-9-3-4-13(10(7-9)12(15)16)11(14)8-18-6-5-17-2/h9-10H,3-8H2,1-2H3,(H,15,16). The van der Waals surface area contributed by atoms with Gasteiger partial charge in [0.2, 0.25) is 5.91 Å². The molecule has 1 rings (SSSR count). The summed E-state index contributed by atoms with van der Waals surface area (Å²) in [6.45, 7) is 3.20. The van der Waals surface area contributed by atoms with E-state index in [0.717, 1.165) is 12.2 Å². The predicted octanol–water partition coefficient (Wildman–Crippen LogP) is 1.08. The lowest BCUT2D eigenvalue weighted by Crippen LogP contribution is -2.50. The molecule has 0 aromatic carbocycles. The van der Waals surface area contributed by atoms with Gasteiger partial charge in [-0.1, -0.05) is 6.92 Å². The summed E-state index contributed by atoms with van der Waals surface area (Å²) in [5.74, 6) is 0.495. The number of rotatable bonds is 6. The van der Waals surface area contributed by atoms with Crippen LogP contribution in [-0.2, 0) is 14.3 Å². The van der Waals surface area contributed by atoms with Crippen LogP contribution in [-0.4, -0.2) is 59.7 Å². The Morgan fingerprint density at radius 2 is 2.22 bits per heavy atom. The molecule has 2 unspecified atom stereocenters. The number of likely N-dealkylation sites (tertiary alicyclic amines) is 1. The number of carbonyl (C=O) groups excluding carboxylic acids is 1. The lowest BCUT2D eigenvalue weighted by Gasteiger charge is -2.36. The van der Waals surface area contributed by atoms with E-state index in [1.807, 2.05) is 6.92 Å². The maximum atomic E-state index is 12.0. The van der Waals surface area contributed by atoms with Crippen LogP contribution in [0.25, 0.3) is 0 Å². The lowest BCUT2D eigenvalue weighted by molar-refractivity contribution is -0.151. The number of carboxylic acid groups (broad SMARTS) is 1. The Labute approximate surface area is 112 Å². The first-order valence-electron chi connectivity index (χ1n) is 6.15. The van der Waals surface area contributed by atoms with Gasteiger partial charge in [0.1, 0.15) is 6.04 Å². The number of ether oxygens (including phenoxy) is 1. The van der Waals surface area contributed by atoms with Crippen molar-refractivity contribution in [1.29, 1.82) is 0 Å². The first-order valence-corrected chi connectivity index (χ1v) is 7.30. The lowest BCUT2D eigenvalue weighted by atomic mass is 9.92. The third-order valence-electron chi connectivity index (χ3n) is 3.13. The molecule has 0 aromatic rings. The fourth-order valence-corrected chi connectivity index (χ4v) is 2.83. The smallest absolute Gasteiger partial charge is 0.326 e. The number of hydrogen-bond donors (Lipinski definition) is 1. The van der Waals surface area contributed by atoms with Gasteiger partial charge < -0.3 is 14.7 Å². The molecule has 1 N–H and O–H groups in total. The highest BCUT2D eigenvalue weighted by Gasteiger charge is 2.34. The van der Waals surface area contributed by atoms with Crippen molar-refractivity contribution in [1.82, 2.24) is 4.90 Å². The molecule has 1 aliphatic heterocycles. The summed E-state index contributed by atoms with van der Waals surface area (Å²) in [5, 5.41) is 9.16. The maximum Gasteiger partial charge on any atom is 0.326 e. The molecule has 1 fully saturated rings. The molecule has 1 aliphatic rings. The van der Waals surface area contributed by atoms with Crippen molar-refractivity contribution in [2.75, 3.05) is 31.8 Å². The molecule has 18 heavy (non-hydrogen) atoms. The van der Waals surface area contributed by atoms with Crippen molar-refractivity contribution < 1.29 is 19.4 Å². The van der Waals surface area contributed by atoms with Crippen LogP contribution in [0, 0.1) is 5.92 Å². The second-order valence-corrected chi connectivity index (χ2v) is 5.72. The number of thioether (sulfide) groups is 1. The molecule has 104 valence electrons. The van der Waals surface area contributed by atoms with Gasteiger partial charge in [-0.25, -0.2) is 4.79 Å². The molecule has 0 radical (unpaired) electrons. The van der Waals surface area contributed by atoms with Crippen LogP contribution >= 0.6 is 11.8 Å². The minimum absolute atomic E-state index is 0.0737. The number of carbonyl (C=O) groups is 2. The molecular formula is C12H21NO4S. The van der Waals surface area contributed by atoms with Crippen molar-refractivity contribution in [2.45, 2.75) is 25.8 Å². The molecule has 2 atom stereocenters. The normalized spacial score (nSPS) is 24.0. The summed E-state index contributed by atoms with van der Waals surface area (Å²) in [4.78, 5) is 24.7. The molecule has 1 saturated heterocycles. The largest absolute Gasteiger partial charge is 0.480 e. The van der Waals surface area contributed by atoms with E-state index >= 15 is 0 Å². The topological polar surface area (TPSA) is 66.8 Å². The van der Waals surface area contributed by atoms with Crippen LogP contribution in [0.5, 0.6) is 0 Å². The van der Waals surface area contributed by atoms with Gasteiger partial charge in [0.05, 0.1) is 12.4 Å². The van der Waals surface area contributed by atoms with Crippen LogP contribution in [0.1, 0.15) is 19.8 Å². The minimum Gasteiger partial charge on any atom is -0.480 e. The second-order valence-electron chi connectivity index (χ2n) is 4.62. The Kier molecular flexibility index (Phi) is 6.49. The molecule has 6 heteroatoms. The van der Waals surface area contributed by atoms with Gasteiger partial charge in [-0.05, 0) is 18.8 Å². The van der Waals surface area contributed by atoms with Gasteiger partial charge in [0.15, 0.2) is 0 Å². The monoisotopic (exact) mass is 275 g/mol. The first kappa shape index (κ1) is 15.3. The van der Waals surface area contributed by atoms with Crippen molar-refractivity contribution in [3.8, 4) is 0 Å². The zero-order valence-electron chi connectivity index (χ0n) is 10.9. The summed E-state index contributed by atoms with van der Waals surface area (Å²) < 4.78 is 4.90. The Morgan fingerprint density at radius 1 is 1.50 bits per heavy atom. The fourth-order valence-electron chi connectivity index (χ4n) is 2.06. The fraction of sp³-hybridized carbons (Fsp3) is 0.833. The van der Waals surface area contributed by atoms with Crippen LogP contribution in [0.15, 0.2) is 0 Å². The molecule has 0 aromatic heterocycles. The molecular weight excluding hydrogens is 254 g/mol. The summed E-state index contributed by atoms with van der Waals surface area (Å²) in [6.07, 6.45) is 1.45. The van der Waals surface area contributed by atoms with E-state index in [2.05, 4.69) is 0 Å². The van der Waals surface area contributed by atoms with E-state index in [4.69, 9.17) is 9.84 Å². The Balaban J connectivity index is 2.46. The molecule has 0 bridgehead atoms. The van der Waals surface area contributed by atoms with Gasteiger partial charge in [0.25, 0.3) is 0 Å². The molecule has 0 saturated carbocycles. The summed E-state index contributed by atoms with van der Waals surface area (Å²) in [6, 6.07) is -0.649. The van der Waals surface area contributed by atoms with Gasteiger partial charge >= 0.3 is 5.97 Å². The van der Waals surface area contributed by atoms with E-state index in [9.17, 15) is 9.59 Å². The highest BCUT2D eigenvalue weighted by atomic mass is 32.2. The average Bonchev–Trinajstić information content (AvgIpc) is 2.34. The van der Waals surface area contributed by atoms with E-state index in [1.54, 1.807) is 7.11 Å². The summed E-state index contributed by atoms with van der Waals surface area (Å²) in [5.41, 5.74) is 0. The van der Waals surface area contributed by atoms with E-state index in [-0.39, 0.29) is 5.91 Å². The maximum absolute atomic E-state index is 12.0. The van der Waals surface area contributed by atoms with E-state index < -0.39 is 12.0 Å². The highest BCUT2D eigenvalue weighted by molar-refractivity contribution is 7.99. The zero-order valence-corrected chi connectivity index (χ0v) is 11.7.